The zero-order valence-electron chi connectivity index (χ0n) is 30.5. The van der Waals surface area contributed by atoms with E-state index in [-0.39, 0.29) is 53.8 Å². The summed E-state index contributed by atoms with van der Waals surface area (Å²) in [4.78, 5) is 36.6. The fraction of sp³-hybridized carbons (Fsp3) is 0.595. The van der Waals surface area contributed by atoms with Gasteiger partial charge in [-0.15, -0.1) is 0 Å². The standard InChI is InChI=1S/C37H53N3O10S/c1-23(8-15-32-24(2)18-31(26(4)49-32)39-34(42)17-10-25(3)48-27(5)41)9-16-33-36(44)37(22-47-37)20-29(50-33)19-35(43)38-21-28-11-13-30(14-12-28)51(45,46)40(6)7/h8-14,16-17,24-26,29,31-33,36,44H,15,18-22H2,1-7H3,(H,38,43)(H,39,42)/b16-9+,17-10-,23-8+/t24-,25-,26+,29+,31+,32-,33+,36+,37+/m0/s1. The number of amides is 2. The molecule has 14 heteroatoms. The first-order valence-electron chi connectivity index (χ1n) is 17.4. The summed E-state index contributed by atoms with van der Waals surface area (Å²) in [5.41, 5.74) is 0.997. The maximum atomic E-state index is 12.9. The number of sulfonamides is 1. The Hall–Kier alpha value is -3.40. The molecule has 1 spiro atoms. The highest BCUT2D eigenvalue weighted by Gasteiger charge is 2.58. The van der Waals surface area contributed by atoms with Crippen LogP contribution in [0, 0.1) is 5.92 Å². The van der Waals surface area contributed by atoms with E-state index < -0.39 is 46.0 Å². The van der Waals surface area contributed by atoms with E-state index >= 15 is 0 Å². The highest BCUT2D eigenvalue weighted by molar-refractivity contribution is 7.89. The lowest BCUT2D eigenvalue weighted by Crippen LogP contribution is -2.50. The number of esters is 1. The molecule has 2 amide bonds. The Labute approximate surface area is 301 Å². The average molecular weight is 732 g/mol. The Bertz CT molecular complexity index is 1590. The van der Waals surface area contributed by atoms with Crippen LogP contribution in [0.15, 0.2) is 65.1 Å². The van der Waals surface area contributed by atoms with E-state index in [0.717, 1.165) is 21.9 Å². The number of allylic oxidation sites excluding steroid dienone is 2. The Morgan fingerprint density at radius 1 is 1.12 bits per heavy atom. The molecule has 1 aromatic rings. The average Bonchev–Trinajstić information content (AvgIpc) is 3.84. The molecule has 3 aliphatic rings. The molecule has 9 atom stereocenters. The van der Waals surface area contributed by atoms with Crippen molar-refractivity contribution in [2.75, 3.05) is 20.7 Å². The first kappa shape index (κ1) is 40.4. The third-order valence-corrected chi connectivity index (χ3v) is 11.4. The van der Waals surface area contributed by atoms with Crippen LogP contribution < -0.4 is 10.6 Å². The number of hydrogen-bond acceptors (Lipinski definition) is 10. The normalized spacial score (nSPS) is 30.5. The van der Waals surface area contributed by atoms with Crippen molar-refractivity contribution in [2.45, 2.75) is 120 Å². The quantitative estimate of drug-likeness (QED) is 0.112. The number of carbonyl (C=O) groups is 3. The number of carbonyl (C=O) groups excluding carboxylic acids is 3. The van der Waals surface area contributed by atoms with Crippen molar-refractivity contribution < 1.29 is 46.9 Å². The number of benzene rings is 1. The number of aliphatic hydroxyl groups excluding tert-OH is 1. The number of ether oxygens (including phenoxy) is 4. The van der Waals surface area contributed by atoms with Crippen molar-refractivity contribution >= 4 is 27.8 Å². The fourth-order valence-corrected chi connectivity index (χ4v) is 7.26. The van der Waals surface area contributed by atoms with Gasteiger partial charge in [0.2, 0.25) is 21.8 Å². The molecule has 51 heavy (non-hydrogen) atoms. The molecular formula is C37H53N3O10S. The van der Waals surface area contributed by atoms with Crippen molar-refractivity contribution in [3.8, 4) is 0 Å². The number of nitrogens with one attached hydrogen (secondary N) is 2. The Morgan fingerprint density at radius 3 is 2.43 bits per heavy atom. The van der Waals surface area contributed by atoms with E-state index in [1.807, 2.05) is 26.0 Å². The van der Waals surface area contributed by atoms with E-state index in [2.05, 4.69) is 23.6 Å². The summed E-state index contributed by atoms with van der Waals surface area (Å²) >= 11 is 0. The maximum absolute atomic E-state index is 12.9. The molecule has 0 unspecified atom stereocenters. The molecule has 4 rings (SSSR count). The fourth-order valence-electron chi connectivity index (χ4n) is 6.36. The molecule has 0 aliphatic carbocycles. The minimum absolute atomic E-state index is 0.0393. The number of hydrogen-bond donors (Lipinski definition) is 3. The molecule has 13 nitrogen and oxygen atoms in total. The first-order valence-corrected chi connectivity index (χ1v) is 18.8. The van der Waals surface area contributed by atoms with E-state index in [9.17, 15) is 27.9 Å². The van der Waals surface area contributed by atoms with Gasteiger partial charge in [-0.25, -0.2) is 12.7 Å². The van der Waals surface area contributed by atoms with Gasteiger partial charge >= 0.3 is 5.97 Å². The van der Waals surface area contributed by atoms with Crippen molar-refractivity contribution in [3.63, 3.8) is 0 Å². The van der Waals surface area contributed by atoms with Gasteiger partial charge in [-0.1, -0.05) is 42.9 Å². The van der Waals surface area contributed by atoms with E-state index in [1.165, 1.54) is 39.2 Å². The predicted molar refractivity (Wildman–Crippen MR) is 190 cm³/mol. The lowest BCUT2D eigenvalue weighted by atomic mass is 9.87. The topological polar surface area (TPSA) is 173 Å². The van der Waals surface area contributed by atoms with Crippen LogP contribution in [0.25, 0.3) is 0 Å². The van der Waals surface area contributed by atoms with Gasteiger partial charge in [-0.05, 0) is 63.3 Å². The molecule has 0 radical (unpaired) electrons. The van der Waals surface area contributed by atoms with E-state index in [0.29, 0.717) is 19.4 Å². The minimum Gasteiger partial charge on any atom is -0.459 e. The second kappa shape index (κ2) is 17.4. The van der Waals surface area contributed by atoms with Gasteiger partial charge in [-0.3, -0.25) is 14.4 Å². The second-order valence-corrected chi connectivity index (χ2v) is 16.2. The number of rotatable bonds is 14. The van der Waals surface area contributed by atoms with Gasteiger partial charge in [0.25, 0.3) is 0 Å². The van der Waals surface area contributed by atoms with Crippen LogP contribution >= 0.6 is 0 Å². The molecule has 282 valence electrons. The molecular weight excluding hydrogens is 678 g/mol. The van der Waals surface area contributed by atoms with Crippen LogP contribution in [-0.2, 0) is 49.9 Å². The summed E-state index contributed by atoms with van der Waals surface area (Å²) in [6, 6.07) is 6.22. The lowest BCUT2D eigenvalue weighted by Gasteiger charge is -2.39. The highest BCUT2D eigenvalue weighted by atomic mass is 32.2. The minimum atomic E-state index is -3.53. The van der Waals surface area contributed by atoms with Gasteiger partial charge in [0, 0.05) is 40.1 Å². The lowest BCUT2D eigenvalue weighted by molar-refractivity contribution is -0.145. The van der Waals surface area contributed by atoms with Crippen molar-refractivity contribution in [2.24, 2.45) is 5.92 Å². The number of nitrogens with zero attached hydrogens (tertiary/aromatic N) is 1. The summed E-state index contributed by atoms with van der Waals surface area (Å²) in [7, 11) is -0.589. The Morgan fingerprint density at radius 2 is 1.80 bits per heavy atom. The van der Waals surface area contributed by atoms with Crippen molar-refractivity contribution in [3.05, 3.63) is 65.8 Å². The molecule has 3 aliphatic heterocycles. The largest absolute Gasteiger partial charge is 0.459 e. The second-order valence-electron chi connectivity index (χ2n) is 14.1. The van der Waals surface area contributed by atoms with Crippen molar-refractivity contribution in [1.29, 1.82) is 0 Å². The molecule has 3 heterocycles. The zero-order valence-corrected chi connectivity index (χ0v) is 31.4. The van der Waals surface area contributed by atoms with Crippen LogP contribution in [0.1, 0.15) is 65.9 Å². The highest BCUT2D eigenvalue weighted by Crippen LogP contribution is 2.43. The summed E-state index contributed by atoms with van der Waals surface area (Å²) in [5, 5.41) is 16.9. The van der Waals surface area contributed by atoms with Crippen LogP contribution in [0.4, 0.5) is 0 Å². The van der Waals surface area contributed by atoms with Crippen LogP contribution in [-0.4, -0.2) is 105 Å². The maximum Gasteiger partial charge on any atom is 0.303 e. The third kappa shape index (κ3) is 11.3. The van der Waals surface area contributed by atoms with Crippen molar-refractivity contribution in [1.82, 2.24) is 14.9 Å². The van der Waals surface area contributed by atoms with Gasteiger partial charge in [0.15, 0.2) is 0 Å². The van der Waals surface area contributed by atoms with Crippen LogP contribution in [0.3, 0.4) is 0 Å². The first-order chi connectivity index (χ1) is 24.0. The zero-order chi connectivity index (χ0) is 37.5. The summed E-state index contributed by atoms with van der Waals surface area (Å²) in [5.74, 6) is -0.714. The Balaban J connectivity index is 1.25. The van der Waals surface area contributed by atoms with Gasteiger partial charge in [0.05, 0.1) is 42.3 Å². The summed E-state index contributed by atoms with van der Waals surface area (Å²) in [6.45, 7) is 9.65. The van der Waals surface area contributed by atoms with Crippen LogP contribution in [0.5, 0.6) is 0 Å². The smallest absolute Gasteiger partial charge is 0.303 e. The molecule has 3 N–H and O–H groups in total. The van der Waals surface area contributed by atoms with Gasteiger partial charge < -0.3 is 34.7 Å². The predicted octanol–water partition coefficient (Wildman–Crippen LogP) is 2.93. The van der Waals surface area contributed by atoms with Crippen LogP contribution in [0.2, 0.25) is 0 Å². The molecule has 0 saturated carbocycles. The Kier molecular flexibility index (Phi) is 13.8. The molecule has 1 aromatic carbocycles. The monoisotopic (exact) mass is 731 g/mol. The number of aliphatic hydroxyl groups is 1. The SMILES string of the molecule is CC(=O)O[C@@H](C)/C=C\C(=O)N[C@@H]1C[C@H](C)[C@H](C/C=C(C)/C=C/[C@H]2O[C@H](CC(=O)NCc3ccc(S(=O)(=O)N(C)C)cc3)C[C@@]3(CO3)[C@@H]2O)O[C@@H]1C. The molecule has 0 aromatic heterocycles. The van der Waals surface area contributed by atoms with E-state index in [1.54, 1.807) is 25.1 Å². The summed E-state index contributed by atoms with van der Waals surface area (Å²) < 4.78 is 48.9. The third-order valence-electron chi connectivity index (χ3n) is 9.53. The molecule has 3 fully saturated rings. The van der Waals surface area contributed by atoms with Gasteiger partial charge in [-0.2, -0.15) is 0 Å². The number of epoxide rings is 1. The van der Waals surface area contributed by atoms with E-state index in [4.69, 9.17) is 18.9 Å². The molecule has 0 bridgehead atoms. The summed E-state index contributed by atoms with van der Waals surface area (Å²) in [6.07, 6.45) is 7.90. The molecule has 3 saturated heterocycles. The van der Waals surface area contributed by atoms with Gasteiger partial charge in [0.1, 0.15) is 23.9 Å².